The van der Waals surface area contributed by atoms with Gasteiger partial charge in [0.05, 0.1) is 6.10 Å². The number of likely N-dealkylation sites (tertiary alicyclic amines) is 1. The number of carbonyl (C=O) groups excluding carboxylic acids is 1. The molecule has 3 rings (SSSR count). The summed E-state index contributed by atoms with van der Waals surface area (Å²) in [6.07, 6.45) is 3.29. The fourth-order valence-corrected chi connectivity index (χ4v) is 4.27. The van der Waals surface area contributed by atoms with E-state index in [1.807, 2.05) is 11.8 Å². The van der Waals surface area contributed by atoms with E-state index >= 15 is 0 Å². The van der Waals surface area contributed by atoms with Crippen molar-refractivity contribution in [1.29, 1.82) is 0 Å². The molecule has 4 heteroatoms. The minimum absolute atomic E-state index is 0.121. The minimum atomic E-state index is 0.121. The van der Waals surface area contributed by atoms with Crippen molar-refractivity contribution >= 4 is 5.91 Å². The van der Waals surface area contributed by atoms with Crippen LogP contribution in [0.3, 0.4) is 0 Å². The zero-order chi connectivity index (χ0) is 17.2. The average Bonchev–Trinajstić information content (AvgIpc) is 2.87. The van der Waals surface area contributed by atoms with Crippen molar-refractivity contribution < 1.29 is 14.3 Å². The van der Waals surface area contributed by atoms with Crippen LogP contribution < -0.4 is 0 Å². The van der Waals surface area contributed by atoms with E-state index in [-0.39, 0.29) is 24.0 Å². The van der Waals surface area contributed by atoms with Crippen molar-refractivity contribution in [2.75, 3.05) is 32.9 Å². The van der Waals surface area contributed by atoms with Crippen molar-refractivity contribution in [3.63, 3.8) is 0 Å². The van der Waals surface area contributed by atoms with Crippen LogP contribution in [0.2, 0.25) is 0 Å². The van der Waals surface area contributed by atoms with Gasteiger partial charge in [-0.25, -0.2) is 0 Å². The Balaban J connectivity index is 1.76. The summed E-state index contributed by atoms with van der Waals surface area (Å²) in [5, 5.41) is 0. The maximum Gasteiger partial charge on any atom is 0.248 e. The van der Waals surface area contributed by atoms with Crippen LogP contribution in [0, 0.1) is 6.92 Å². The van der Waals surface area contributed by atoms with E-state index in [0.29, 0.717) is 6.61 Å². The van der Waals surface area contributed by atoms with Gasteiger partial charge < -0.3 is 14.4 Å². The van der Waals surface area contributed by atoms with Gasteiger partial charge in [0, 0.05) is 31.7 Å². The molecule has 0 saturated carbocycles. The van der Waals surface area contributed by atoms with E-state index in [1.165, 1.54) is 16.7 Å². The first kappa shape index (κ1) is 17.4. The number of ether oxygens (including phenoxy) is 2. The fraction of sp³-hybridized carbons (Fsp3) is 0.650. The van der Waals surface area contributed by atoms with Crippen LogP contribution in [0.25, 0.3) is 0 Å². The Labute approximate surface area is 145 Å². The maximum absolute atomic E-state index is 12.2. The molecule has 2 aliphatic rings. The molecule has 1 atom stereocenters. The highest BCUT2D eigenvalue weighted by Gasteiger charge is 2.46. The fourth-order valence-electron chi connectivity index (χ4n) is 4.27. The molecule has 0 radical (unpaired) electrons. The van der Waals surface area contributed by atoms with Crippen LogP contribution in [-0.2, 0) is 19.7 Å². The normalized spacial score (nSPS) is 22.0. The number of rotatable bonds is 5. The van der Waals surface area contributed by atoms with Gasteiger partial charge in [-0.3, -0.25) is 4.79 Å². The van der Waals surface area contributed by atoms with Gasteiger partial charge in [-0.05, 0) is 51.2 Å². The molecule has 0 aromatic heterocycles. The van der Waals surface area contributed by atoms with Crippen LogP contribution in [0.4, 0.5) is 0 Å². The summed E-state index contributed by atoms with van der Waals surface area (Å²) < 4.78 is 11.3. The third-order valence-corrected chi connectivity index (χ3v) is 5.57. The van der Waals surface area contributed by atoms with E-state index in [1.54, 1.807) is 0 Å². The number of amides is 1. The third-order valence-electron chi connectivity index (χ3n) is 5.57. The Hall–Kier alpha value is -1.39. The van der Waals surface area contributed by atoms with E-state index in [0.717, 1.165) is 39.0 Å². The molecule has 1 saturated heterocycles. The molecule has 132 valence electrons. The predicted molar refractivity (Wildman–Crippen MR) is 94.1 cm³/mol. The quantitative estimate of drug-likeness (QED) is 0.830. The number of aryl methyl sites for hydroxylation is 1. The van der Waals surface area contributed by atoms with Crippen LogP contribution in [-0.4, -0.2) is 43.7 Å². The van der Waals surface area contributed by atoms with Crippen molar-refractivity contribution in [2.24, 2.45) is 0 Å². The van der Waals surface area contributed by atoms with E-state index < -0.39 is 0 Å². The summed E-state index contributed by atoms with van der Waals surface area (Å²) in [5.41, 5.74) is 4.29. The monoisotopic (exact) mass is 331 g/mol. The van der Waals surface area contributed by atoms with Gasteiger partial charge in [0.15, 0.2) is 0 Å². The number of benzene rings is 1. The first-order valence-corrected chi connectivity index (χ1v) is 9.18. The van der Waals surface area contributed by atoms with Gasteiger partial charge in [0.2, 0.25) is 5.91 Å². The summed E-state index contributed by atoms with van der Waals surface area (Å²) in [7, 11) is 0. The van der Waals surface area contributed by atoms with Crippen LogP contribution >= 0.6 is 0 Å². The molecule has 24 heavy (non-hydrogen) atoms. The second-order valence-electron chi connectivity index (χ2n) is 7.04. The lowest BCUT2D eigenvalue weighted by molar-refractivity contribution is -0.137. The molecule has 1 aliphatic heterocycles. The number of carbonyl (C=O) groups is 1. The summed E-state index contributed by atoms with van der Waals surface area (Å²) in [4.78, 5) is 14.2. The first-order chi connectivity index (χ1) is 11.6. The Kier molecular flexibility index (Phi) is 5.26. The Morgan fingerprint density at radius 3 is 2.67 bits per heavy atom. The van der Waals surface area contributed by atoms with Gasteiger partial charge in [0.25, 0.3) is 0 Å². The number of hydrogen-bond acceptors (Lipinski definition) is 3. The zero-order valence-electron chi connectivity index (χ0n) is 15.1. The highest BCUT2D eigenvalue weighted by Crippen LogP contribution is 2.52. The SMILES string of the molecule is CCOCC(=O)N1CCC2(CC1)C[C@@H](OCC)c1ccc(C)cc12. The van der Waals surface area contributed by atoms with Crippen LogP contribution in [0.5, 0.6) is 0 Å². The van der Waals surface area contributed by atoms with Gasteiger partial charge in [-0.15, -0.1) is 0 Å². The molecule has 1 amide bonds. The molecule has 1 spiro atoms. The molecule has 0 unspecified atom stereocenters. The van der Waals surface area contributed by atoms with Crippen molar-refractivity contribution in [3.8, 4) is 0 Å². The topological polar surface area (TPSA) is 38.8 Å². The van der Waals surface area contributed by atoms with E-state index in [4.69, 9.17) is 9.47 Å². The van der Waals surface area contributed by atoms with Crippen LogP contribution in [0.15, 0.2) is 18.2 Å². The smallest absolute Gasteiger partial charge is 0.248 e. The molecule has 1 fully saturated rings. The Bertz CT molecular complexity index is 591. The van der Waals surface area contributed by atoms with Crippen molar-refractivity contribution in [3.05, 3.63) is 34.9 Å². The molecular formula is C20H29NO3. The standard InChI is InChI=1S/C20H29NO3/c1-4-23-14-19(22)21-10-8-20(9-11-21)13-18(24-5-2)16-7-6-15(3)12-17(16)20/h6-7,12,18H,4-5,8-11,13-14H2,1-3H3/t18-/m1/s1. The minimum Gasteiger partial charge on any atom is -0.374 e. The number of hydrogen-bond donors (Lipinski definition) is 0. The molecule has 0 bridgehead atoms. The second-order valence-corrected chi connectivity index (χ2v) is 7.04. The third kappa shape index (κ3) is 3.22. The maximum atomic E-state index is 12.2. The Morgan fingerprint density at radius 2 is 2.00 bits per heavy atom. The van der Waals surface area contributed by atoms with Gasteiger partial charge in [0.1, 0.15) is 6.61 Å². The summed E-state index contributed by atoms with van der Waals surface area (Å²) in [6, 6.07) is 6.77. The van der Waals surface area contributed by atoms with Gasteiger partial charge >= 0.3 is 0 Å². The second kappa shape index (κ2) is 7.24. The molecule has 1 aromatic rings. The van der Waals surface area contributed by atoms with Crippen molar-refractivity contribution in [2.45, 2.75) is 51.6 Å². The largest absolute Gasteiger partial charge is 0.374 e. The van der Waals surface area contributed by atoms with Crippen molar-refractivity contribution in [1.82, 2.24) is 4.90 Å². The first-order valence-electron chi connectivity index (χ1n) is 9.18. The highest BCUT2D eigenvalue weighted by atomic mass is 16.5. The number of fused-ring (bicyclic) bond motifs is 2. The lowest BCUT2D eigenvalue weighted by atomic mass is 9.73. The zero-order valence-corrected chi connectivity index (χ0v) is 15.1. The van der Waals surface area contributed by atoms with E-state index in [2.05, 4.69) is 32.0 Å². The summed E-state index contributed by atoms with van der Waals surface area (Å²) in [5.74, 6) is 0.121. The molecule has 1 aliphatic carbocycles. The Morgan fingerprint density at radius 1 is 1.25 bits per heavy atom. The molecule has 1 aromatic carbocycles. The lowest BCUT2D eigenvalue weighted by Crippen LogP contribution is -2.45. The highest BCUT2D eigenvalue weighted by molar-refractivity contribution is 5.77. The predicted octanol–water partition coefficient (Wildman–Crippen LogP) is 3.37. The van der Waals surface area contributed by atoms with Gasteiger partial charge in [-0.2, -0.15) is 0 Å². The number of nitrogens with zero attached hydrogens (tertiary/aromatic N) is 1. The van der Waals surface area contributed by atoms with Crippen LogP contribution in [0.1, 0.15) is 55.9 Å². The summed E-state index contributed by atoms with van der Waals surface area (Å²) >= 11 is 0. The summed E-state index contributed by atoms with van der Waals surface area (Å²) in [6.45, 7) is 9.32. The average molecular weight is 331 g/mol. The molecule has 4 nitrogen and oxygen atoms in total. The van der Waals surface area contributed by atoms with E-state index in [9.17, 15) is 4.79 Å². The molecule has 0 N–H and O–H groups in total. The molecule has 1 heterocycles. The lowest BCUT2D eigenvalue weighted by Gasteiger charge is -2.40. The molecular weight excluding hydrogens is 302 g/mol. The van der Waals surface area contributed by atoms with Gasteiger partial charge in [-0.1, -0.05) is 23.8 Å². The number of piperidine rings is 1.